The maximum atomic E-state index is 13.4. The molecule has 3 aliphatic rings. The SMILES string of the molecule is CC/C=C\C/C=C\C/C=C\C/C=C\C/C=C\C/C=C\C/C=C\C/C=C\C/C=C\CCCC(=O)NC(COC1OC(CO)C(OC2OC(CO)C(OC3OC(CO)C(O)C(O)C3O)C(O)C2O)C(O)C1O)C(O)CCCCCCCCCCCCCCCCCCCCCCC. The Morgan fingerprint density at radius 3 is 1.09 bits per heavy atom. The number of nitrogens with one attached hydrogen (secondary N) is 1. The molecule has 0 spiro atoms. The van der Waals surface area contributed by atoms with E-state index < -0.39 is 124 Å². The van der Waals surface area contributed by atoms with Crippen molar-refractivity contribution >= 4 is 5.91 Å². The van der Waals surface area contributed by atoms with Gasteiger partial charge in [-0.05, 0) is 77.0 Å². The van der Waals surface area contributed by atoms with Crippen molar-refractivity contribution in [2.75, 3.05) is 26.4 Å². The highest BCUT2D eigenvalue weighted by molar-refractivity contribution is 5.76. The largest absolute Gasteiger partial charge is 0.394 e. The molecular formula is C76H129NO18. The Hall–Kier alpha value is -3.55. The van der Waals surface area contributed by atoms with E-state index in [0.717, 1.165) is 77.0 Å². The summed E-state index contributed by atoms with van der Waals surface area (Å²) in [6, 6.07) is -0.928. The second-order valence-corrected chi connectivity index (χ2v) is 25.7. The second-order valence-electron chi connectivity index (χ2n) is 25.7. The maximum absolute atomic E-state index is 13.4. The second kappa shape index (κ2) is 56.2. The molecule has 546 valence electrons. The van der Waals surface area contributed by atoms with Crippen LogP contribution in [0.15, 0.2) is 109 Å². The number of allylic oxidation sites excluding steroid dienone is 18. The molecule has 0 aromatic carbocycles. The first-order chi connectivity index (χ1) is 46.3. The molecule has 0 aromatic rings. The molecule has 3 rings (SSSR count). The number of hydrogen-bond acceptors (Lipinski definition) is 18. The van der Waals surface area contributed by atoms with Crippen molar-refractivity contribution in [3.63, 3.8) is 0 Å². The minimum absolute atomic E-state index is 0.179. The third kappa shape index (κ3) is 37.5. The van der Waals surface area contributed by atoms with Crippen LogP contribution in [0.4, 0.5) is 0 Å². The molecule has 17 atom stereocenters. The summed E-state index contributed by atoms with van der Waals surface area (Å²) in [6.45, 7) is 1.65. The summed E-state index contributed by atoms with van der Waals surface area (Å²) in [4.78, 5) is 13.4. The van der Waals surface area contributed by atoms with Crippen molar-refractivity contribution in [3.05, 3.63) is 109 Å². The number of hydrogen-bond donors (Lipinski definition) is 12. The summed E-state index contributed by atoms with van der Waals surface area (Å²) < 4.78 is 34.4. The van der Waals surface area contributed by atoms with Crippen LogP contribution < -0.4 is 5.32 Å². The minimum Gasteiger partial charge on any atom is -0.394 e. The lowest BCUT2D eigenvalue weighted by Crippen LogP contribution is -2.66. The van der Waals surface area contributed by atoms with Gasteiger partial charge in [-0.15, -0.1) is 0 Å². The summed E-state index contributed by atoms with van der Waals surface area (Å²) in [5.74, 6) is -0.303. The van der Waals surface area contributed by atoms with E-state index in [1.54, 1.807) is 0 Å². The third-order valence-electron chi connectivity index (χ3n) is 17.6. The molecule has 3 fully saturated rings. The first-order valence-electron chi connectivity index (χ1n) is 36.6. The van der Waals surface area contributed by atoms with Crippen molar-refractivity contribution in [1.29, 1.82) is 0 Å². The highest BCUT2D eigenvalue weighted by Gasteiger charge is 2.53. The fourth-order valence-corrected chi connectivity index (χ4v) is 11.7. The molecule has 0 radical (unpaired) electrons. The number of carbonyl (C=O) groups is 1. The molecule has 0 aromatic heterocycles. The van der Waals surface area contributed by atoms with E-state index in [4.69, 9.17) is 28.4 Å². The Morgan fingerprint density at radius 2 is 0.716 bits per heavy atom. The van der Waals surface area contributed by atoms with Crippen LogP contribution in [-0.4, -0.2) is 193 Å². The van der Waals surface area contributed by atoms with Crippen molar-refractivity contribution in [3.8, 4) is 0 Å². The lowest BCUT2D eigenvalue weighted by Gasteiger charge is -2.48. The molecular weight excluding hydrogens is 1210 g/mol. The van der Waals surface area contributed by atoms with Gasteiger partial charge < -0.3 is 89.9 Å². The van der Waals surface area contributed by atoms with Crippen LogP contribution in [0.25, 0.3) is 0 Å². The van der Waals surface area contributed by atoms with Crippen LogP contribution in [0.3, 0.4) is 0 Å². The predicted molar refractivity (Wildman–Crippen MR) is 374 cm³/mol. The van der Waals surface area contributed by atoms with Crippen molar-refractivity contribution in [2.24, 2.45) is 0 Å². The molecule has 19 heteroatoms. The van der Waals surface area contributed by atoms with Crippen LogP contribution in [0.2, 0.25) is 0 Å². The summed E-state index contributed by atoms with van der Waals surface area (Å²) in [6.07, 6.45) is 48.8. The lowest BCUT2D eigenvalue weighted by atomic mass is 9.96. The van der Waals surface area contributed by atoms with E-state index in [2.05, 4.69) is 122 Å². The maximum Gasteiger partial charge on any atom is 0.220 e. The Kier molecular flexibility index (Phi) is 50.7. The number of rotatable bonds is 55. The number of aliphatic hydroxyl groups excluding tert-OH is 11. The highest BCUT2D eigenvalue weighted by Crippen LogP contribution is 2.33. The summed E-state index contributed by atoms with van der Waals surface area (Å²) in [5.41, 5.74) is 0. The van der Waals surface area contributed by atoms with Gasteiger partial charge >= 0.3 is 0 Å². The van der Waals surface area contributed by atoms with Gasteiger partial charge in [0, 0.05) is 6.42 Å². The van der Waals surface area contributed by atoms with Gasteiger partial charge in [-0.3, -0.25) is 4.79 Å². The summed E-state index contributed by atoms with van der Waals surface area (Å²) >= 11 is 0. The molecule has 95 heavy (non-hydrogen) atoms. The number of ether oxygens (including phenoxy) is 6. The van der Waals surface area contributed by atoms with E-state index in [-0.39, 0.29) is 18.9 Å². The lowest BCUT2D eigenvalue weighted by molar-refractivity contribution is -0.379. The molecule has 19 nitrogen and oxygen atoms in total. The van der Waals surface area contributed by atoms with Crippen molar-refractivity contribution in [1.82, 2.24) is 5.32 Å². The van der Waals surface area contributed by atoms with Crippen LogP contribution in [0, 0.1) is 0 Å². The zero-order valence-corrected chi connectivity index (χ0v) is 57.9. The summed E-state index contributed by atoms with van der Waals surface area (Å²) in [7, 11) is 0. The van der Waals surface area contributed by atoms with E-state index in [1.807, 2.05) is 6.08 Å². The van der Waals surface area contributed by atoms with Gasteiger partial charge in [-0.1, -0.05) is 258 Å². The van der Waals surface area contributed by atoms with E-state index in [0.29, 0.717) is 25.7 Å². The standard InChI is InChI=1S/C76H129NO18/c1-3-5-7-9-11-13-15-17-19-21-23-25-26-27-28-29-30-31-32-34-36-38-40-42-44-46-48-50-52-54-64(82)77-59(60(81)53-51-49-47-45-43-41-39-37-35-33-24-22-20-18-16-14-12-10-8-6-4-2)58-90-74-70(88)67(85)72(62(56-79)92-74)95-76-71(89)68(86)73(63(57-80)93-76)94-75-69(87)66(84)65(83)61(55-78)91-75/h5,7,11,13,17,19,23,25,27-28,30-31,34,36,40,42,46,48,59-63,65-76,78-81,83-89H,3-4,6,8-10,12,14-16,18,20-22,24,26,29,32-33,35,37-39,41,43-45,47,49-58H2,1-2H3,(H,77,82)/b7-5-,13-11-,19-17-,25-23-,28-27-,31-30-,36-34-,42-40-,48-46-. The number of unbranched alkanes of at least 4 members (excludes halogenated alkanes) is 21. The first-order valence-corrected chi connectivity index (χ1v) is 36.6. The van der Waals surface area contributed by atoms with Gasteiger partial charge in [-0.25, -0.2) is 0 Å². The number of aliphatic hydroxyl groups is 11. The van der Waals surface area contributed by atoms with Crippen LogP contribution in [-0.2, 0) is 33.2 Å². The molecule has 0 saturated carbocycles. The fraction of sp³-hybridized carbons (Fsp3) is 0.750. The smallest absolute Gasteiger partial charge is 0.220 e. The fourth-order valence-electron chi connectivity index (χ4n) is 11.7. The number of carbonyl (C=O) groups excluding carboxylic acids is 1. The van der Waals surface area contributed by atoms with Gasteiger partial charge in [0.15, 0.2) is 18.9 Å². The highest BCUT2D eigenvalue weighted by atomic mass is 16.8. The van der Waals surface area contributed by atoms with Gasteiger partial charge in [0.1, 0.15) is 73.2 Å². The molecule has 1 amide bonds. The van der Waals surface area contributed by atoms with Gasteiger partial charge in [0.05, 0.1) is 38.6 Å². The van der Waals surface area contributed by atoms with Crippen LogP contribution >= 0.6 is 0 Å². The Morgan fingerprint density at radius 1 is 0.389 bits per heavy atom. The van der Waals surface area contributed by atoms with E-state index in [9.17, 15) is 61.0 Å². The third-order valence-corrected chi connectivity index (χ3v) is 17.6. The topological polar surface area (TPSA) is 307 Å². The monoisotopic (exact) mass is 1340 g/mol. The average molecular weight is 1340 g/mol. The number of amides is 1. The van der Waals surface area contributed by atoms with Crippen molar-refractivity contribution < 1.29 is 89.4 Å². The molecule has 3 aliphatic heterocycles. The van der Waals surface area contributed by atoms with Crippen molar-refractivity contribution in [2.45, 2.75) is 336 Å². The Bertz CT molecular complexity index is 2140. The first kappa shape index (κ1) is 85.7. The quantitative estimate of drug-likeness (QED) is 0.0199. The summed E-state index contributed by atoms with van der Waals surface area (Å²) in [5, 5.41) is 121. The zero-order valence-electron chi connectivity index (χ0n) is 57.9. The molecule has 0 aliphatic carbocycles. The van der Waals surface area contributed by atoms with Gasteiger partial charge in [0.2, 0.25) is 5.91 Å². The van der Waals surface area contributed by atoms with E-state index >= 15 is 0 Å². The Balaban J connectivity index is 1.44. The molecule has 3 saturated heterocycles. The minimum atomic E-state index is -1.98. The molecule has 12 N–H and O–H groups in total. The van der Waals surface area contributed by atoms with Crippen LogP contribution in [0.1, 0.15) is 232 Å². The van der Waals surface area contributed by atoms with Gasteiger partial charge in [0.25, 0.3) is 0 Å². The van der Waals surface area contributed by atoms with E-state index in [1.165, 1.54) is 109 Å². The Labute approximate surface area is 570 Å². The normalized spacial score (nSPS) is 27.9. The predicted octanol–water partition coefficient (Wildman–Crippen LogP) is 10.6. The van der Waals surface area contributed by atoms with Gasteiger partial charge in [-0.2, -0.15) is 0 Å². The zero-order chi connectivity index (χ0) is 68.9. The molecule has 0 bridgehead atoms. The average Bonchev–Trinajstić information content (AvgIpc) is 0.786. The van der Waals surface area contributed by atoms with Crippen LogP contribution in [0.5, 0.6) is 0 Å². The molecule has 17 unspecified atom stereocenters. The molecule has 3 heterocycles.